The average Bonchev–Trinajstić information content (AvgIpc) is 2.37. The molecular formula is C13H20N2O3. The van der Waals surface area contributed by atoms with Gasteiger partial charge >= 0.3 is 5.97 Å². The molecule has 18 heavy (non-hydrogen) atoms. The van der Waals surface area contributed by atoms with Gasteiger partial charge in [0.25, 0.3) is 0 Å². The molecule has 0 spiro atoms. The van der Waals surface area contributed by atoms with Gasteiger partial charge in [-0.1, -0.05) is 13.8 Å². The smallest absolute Gasteiger partial charge is 0.343 e. The van der Waals surface area contributed by atoms with Gasteiger partial charge in [-0.3, -0.25) is 4.98 Å². The molecule has 0 aliphatic heterocycles. The topological polar surface area (TPSA) is 60.5 Å². The van der Waals surface area contributed by atoms with Crippen LogP contribution in [0, 0.1) is 5.92 Å². The number of nitrogens with zero attached hydrogens (tertiary/aromatic N) is 1. The van der Waals surface area contributed by atoms with Crippen LogP contribution in [0.2, 0.25) is 0 Å². The zero-order valence-electron chi connectivity index (χ0n) is 11.1. The number of nitrogens with one attached hydrogen (secondary N) is 1. The van der Waals surface area contributed by atoms with E-state index < -0.39 is 5.97 Å². The molecule has 0 amide bonds. The zero-order valence-corrected chi connectivity index (χ0v) is 11.1. The van der Waals surface area contributed by atoms with Crippen molar-refractivity contribution in [3.8, 4) is 5.75 Å². The predicted octanol–water partition coefficient (Wildman–Crippen LogP) is 1.38. The Kier molecular flexibility index (Phi) is 6.14. The summed E-state index contributed by atoms with van der Waals surface area (Å²) >= 11 is 0. The summed E-state index contributed by atoms with van der Waals surface area (Å²) in [4.78, 5) is 15.1. The molecule has 1 aromatic rings. The number of hydrogen-bond acceptors (Lipinski definition) is 5. The van der Waals surface area contributed by atoms with Crippen molar-refractivity contribution in [2.75, 3.05) is 20.3 Å². The normalized spacial score (nSPS) is 10.4. The summed E-state index contributed by atoms with van der Waals surface area (Å²) < 4.78 is 9.68. The Balaban J connectivity index is 2.35. The van der Waals surface area contributed by atoms with E-state index in [9.17, 15) is 4.79 Å². The van der Waals surface area contributed by atoms with Gasteiger partial charge in [-0.05, 0) is 24.6 Å². The lowest BCUT2D eigenvalue weighted by atomic mass is 10.2. The lowest BCUT2D eigenvalue weighted by molar-refractivity contribution is -0.142. The fourth-order valence-electron chi connectivity index (χ4n) is 1.29. The predicted molar refractivity (Wildman–Crippen MR) is 68.3 cm³/mol. The first-order valence-corrected chi connectivity index (χ1v) is 5.97. The van der Waals surface area contributed by atoms with E-state index in [-0.39, 0.29) is 6.61 Å². The van der Waals surface area contributed by atoms with E-state index in [0.29, 0.717) is 11.7 Å². The molecule has 5 nitrogen and oxygen atoms in total. The monoisotopic (exact) mass is 252 g/mol. The van der Waals surface area contributed by atoms with Crippen LogP contribution in [0.3, 0.4) is 0 Å². The Hall–Kier alpha value is -1.62. The molecule has 0 unspecified atom stereocenters. The molecule has 1 N–H and O–H groups in total. The number of hydrogen-bond donors (Lipinski definition) is 1. The molecule has 100 valence electrons. The Morgan fingerprint density at radius 3 is 2.78 bits per heavy atom. The molecule has 0 atom stereocenters. The molecule has 0 fully saturated rings. The van der Waals surface area contributed by atoms with Crippen molar-refractivity contribution in [1.29, 1.82) is 0 Å². The maximum Gasteiger partial charge on any atom is 0.343 e. The molecule has 0 aromatic carbocycles. The molecule has 1 aromatic heterocycles. The Bertz CT molecular complexity index is 363. The third kappa shape index (κ3) is 5.63. The van der Waals surface area contributed by atoms with Gasteiger partial charge in [-0.15, -0.1) is 0 Å². The summed E-state index contributed by atoms with van der Waals surface area (Å²) in [5, 5.41) is 3.30. The van der Waals surface area contributed by atoms with Crippen LogP contribution in [0.15, 0.2) is 18.3 Å². The van der Waals surface area contributed by atoms with Gasteiger partial charge in [0.2, 0.25) is 0 Å². The highest BCUT2D eigenvalue weighted by Crippen LogP contribution is 2.09. The molecule has 0 aliphatic carbocycles. The second-order valence-corrected chi connectivity index (χ2v) is 4.37. The molecular weight excluding hydrogens is 232 g/mol. The highest BCUT2D eigenvalue weighted by Gasteiger charge is 2.02. The Labute approximate surface area is 108 Å². The molecule has 1 heterocycles. The molecule has 0 radical (unpaired) electrons. The van der Waals surface area contributed by atoms with Gasteiger partial charge in [0, 0.05) is 6.54 Å². The fourth-order valence-corrected chi connectivity index (χ4v) is 1.29. The highest BCUT2D eigenvalue weighted by molar-refractivity contribution is 5.70. The van der Waals surface area contributed by atoms with Crippen LogP contribution in [0.25, 0.3) is 0 Å². The van der Waals surface area contributed by atoms with E-state index in [0.717, 1.165) is 18.8 Å². The largest absolute Gasteiger partial charge is 0.480 e. The lowest BCUT2D eigenvalue weighted by Gasteiger charge is -2.08. The van der Waals surface area contributed by atoms with E-state index in [1.54, 1.807) is 12.3 Å². The average molecular weight is 252 g/mol. The van der Waals surface area contributed by atoms with Crippen LogP contribution in [-0.2, 0) is 16.1 Å². The quantitative estimate of drug-likeness (QED) is 0.743. The third-order valence-electron chi connectivity index (χ3n) is 2.24. The van der Waals surface area contributed by atoms with Crippen LogP contribution < -0.4 is 10.1 Å². The Morgan fingerprint density at radius 1 is 1.44 bits per heavy atom. The minimum absolute atomic E-state index is 0.0941. The SMILES string of the molecule is COC(=O)COc1ccc(CNCC(C)C)nc1. The number of carbonyl (C=O) groups excluding carboxylic acids is 1. The fraction of sp³-hybridized carbons (Fsp3) is 0.538. The summed E-state index contributed by atoms with van der Waals surface area (Å²) in [6.07, 6.45) is 1.61. The van der Waals surface area contributed by atoms with Crippen molar-refractivity contribution >= 4 is 5.97 Å². The van der Waals surface area contributed by atoms with Gasteiger partial charge in [0.1, 0.15) is 5.75 Å². The van der Waals surface area contributed by atoms with Gasteiger partial charge in [0.15, 0.2) is 6.61 Å². The van der Waals surface area contributed by atoms with Crippen molar-refractivity contribution < 1.29 is 14.3 Å². The summed E-state index contributed by atoms with van der Waals surface area (Å²) in [6.45, 7) is 5.91. The molecule has 1 rings (SSSR count). The van der Waals surface area contributed by atoms with E-state index >= 15 is 0 Å². The summed E-state index contributed by atoms with van der Waals surface area (Å²) in [5.41, 5.74) is 0.945. The number of aromatic nitrogens is 1. The number of esters is 1. The minimum Gasteiger partial charge on any atom is -0.480 e. The van der Waals surface area contributed by atoms with E-state index in [4.69, 9.17) is 4.74 Å². The first-order chi connectivity index (χ1) is 8.61. The Morgan fingerprint density at radius 2 is 2.22 bits per heavy atom. The first-order valence-electron chi connectivity index (χ1n) is 5.97. The maximum atomic E-state index is 10.9. The molecule has 0 aliphatic rings. The van der Waals surface area contributed by atoms with Crippen LogP contribution in [-0.4, -0.2) is 31.2 Å². The van der Waals surface area contributed by atoms with E-state index in [1.165, 1.54) is 7.11 Å². The van der Waals surface area contributed by atoms with Gasteiger partial charge in [-0.2, -0.15) is 0 Å². The van der Waals surface area contributed by atoms with Crippen molar-refractivity contribution in [1.82, 2.24) is 10.3 Å². The number of ether oxygens (including phenoxy) is 2. The minimum atomic E-state index is -0.405. The van der Waals surface area contributed by atoms with E-state index in [2.05, 4.69) is 28.9 Å². The van der Waals surface area contributed by atoms with Crippen molar-refractivity contribution in [2.24, 2.45) is 5.92 Å². The van der Waals surface area contributed by atoms with Gasteiger partial charge in [0.05, 0.1) is 19.0 Å². The van der Waals surface area contributed by atoms with Crippen LogP contribution in [0.4, 0.5) is 0 Å². The van der Waals surface area contributed by atoms with Crippen molar-refractivity contribution in [2.45, 2.75) is 20.4 Å². The van der Waals surface area contributed by atoms with Gasteiger partial charge in [-0.25, -0.2) is 4.79 Å². The first kappa shape index (κ1) is 14.4. The standard InChI is InChI=1S/C13H20N2O3/c1-10(2)6-14-7-11-4-5-12(8-15-11)18-9-13(16)17-3/h4-5,8,10,14H,6-7,9H2,1-3H3. The summed E-state index contributed by atoms with van der Waals surface area (Å²) in [5.74, 6) is 0.776. The van der Waals surface area contributed by atoms with Gasteiger partial charge < -0.3 is 14.8 Å². The second-order valence-electron chi connectivity index (χ2n) is 4.37. The van der Waals surface area contributed by atoms with Crippen LogP contribution in [0.5, 0.6) is 5.75 Å². The zero-order chi connectivity index (χ0) is 13.4. The van der Waals surface area contributed by atoms with Crippen LogP contribution >= 0.6 is 0 Å². The second kappa shape index (κ2) is 7.66. The number of rotatable bonds is 7. The lowest BCUT2D eigenvalue weighted by Crippen LogP contribution is -2.19. The number of methoxy groups -OCH3 is 1. The van der Waals surface area contributed by atoms with E-state index in [1.807, 2.05) is 6.07 Å². The van der Waals surface area contributed by atoms with Crippen molar-refractivity contribution in [3.63, 3.8) is 0 Å². The number of pyridine rings is 1. The molecule has 0 saturated carbocycles. The highest BCUT2D eigenvalue weighted by atomic mass is 16.6. The van der Waals surface area contributed by atoms with Crippen LogP contribution in [0.1, 0.15) is 19.5 Å². The maximum absolute atomic E-state index is 10.9. The third-order valence-corrected chi connectivity index (χ3v) is 2.24. The van der Waals surface area contributed by atoms with Crippen molar-refractivity contribution in [3.05, 3.63) is 24.0 Å². The summed E-state index contributed by atoms with van der Waals surface area (Å²) in [7, 11) is 1.33. The molecule has 0 bridgehead atoms. The summed E-state index contributed by atoms with van der Waals surface area (Å²) in [6, 6.07) is 3.67. The number of carbonyl (C=O) groups is 1. The molecule has 0 saturated heterocycles. The molecule has 5 heteroatoms.